The van der Waals surface area contributed by atoms with Crippen molar-refractivity contribution in [2.24, 2.45) is 5.92 Å². The summed E-state index contributed by atoms with van der Waals surface area (Å²) in [6.45, 7) is 1.86. The van der Waals surface area contributed by atoms with Gasteiger partial charge >= 0.3 is 6.18 Å². The summed E-state index contributed by atoms with van der Waals surface area (Å²) in [5.41, 5.74) is 0.846. The van der Waals surface area contributed by atoms with Crippen LogP contribution in [0.2, 0.25) is 0 Å². The number of piperidine rings is 1. The topological polar surface area (TPSA) is 33.4 Å². The first-order valence-electron chi connectivity index (χ1n) is 10.7. The Balaban J connectivity index is 1.43. The predicted octanol–water partition coefficient (Wildman–Crippen LogP) is 5.08. The van der Waals surface area contributed by atoms with Crippen molar-refractivity contribution in [1.29, 1.82) is 0 Å². The maximum absolute atomic E-state index is 14.1. The number of rotatable bonds is 5. The average Bonchev–Trinajstić information content (AvgIpc) is 3.46. The van der Waals surface area contributed by atoms with Gasteiger partial charge in [-0.15, -0.1) is 10.2 Å². The van der Waals surface area contributed by atoms with Crippen molar-refractivity contribution in [2.75, 3.05) is 13.1 Å². The summed E-state index contributed by atoms with van der Waals surface area (Å²) < 4.78 is 43.7. The molecular weight excluding hydrogens is 389 g/mol. The van der Waals surface area contributed by atoms with Gasteiger partial charge in [-0.1, -0.05) is 30.3 Å². The Morgan fingerprint density at radius 1 is 1.00 bits per heavy atom. The molecule has 1 atom stereocenters. The Kier molecular flexibility index (Phi) is 5.01. The monoisotopic (exact) mass is 414 g/mol. The molecular formula is C23H25F3N4. The molecule has 7 heteroatoms. The maximum Gasteiger partial charge on any atom is 0.420 e. The molecule has 1 aliphatic heterocycles. The molecule has 3 heterocycles. The largest absolute Gasteiger partial charge is 0.420 e. The number of likely N-dealkylation sites (tertiary alicyclic amines) is 1. The van der Waals surface area contributed by atoms with E-state index in [0.29, 0.717) is 24.1 Å². The third kappa shape index (κ3) is 3.95. The van der Waals surface area contributed by atoms with Gasteiger partial charge in [-0.05, 0) is 61.3 Å². The summed E-state index contributed by atoms with van der Waals surface area (Å²) in [6, 6.07) is 11.9. The summed E-state index contributed by atoms with van der Waals surface area (Å²) in [7, 11) is 0. The number of hydrogen-bond acceptors (Lipinski definition) is 3. The van der Waals surface area contributed by atoms with E-state index in [0.717, 1.165) is 38.8 Å². The van der Waals surface area contributed by atoms with Crippen LogP contribution in [-0.4, -0.2) is 32.6 Å². The number of halogens is 3. The van der Waals surface area contributed by atoms with Crippen molar-refractivity contribution in [3.05, 3.63) is 65.1 Å². The van der Waals surface area contributed by atoms with Crippen LogP contribution in [0.3, 0.4) is 0 Å². The maximum atomic E-state index is 14.1. The lowest BCUT2D eigenvalue weighted by molar-refractivity contribution is -0.137. The van der Waals surface area contributed by atoms with E-state index in [9.17, 15) is 13.2 Å². The normalized spacial score (nSPS) is 20.7. The lowest BCUT2D eigenvalue weighted by Crippen LogP contribution is -2.34. The van der Waals surface area contributed by atoms with Gasteiger partial charge in [0, 0.05) is 25.7 Å². The Hall–Kier alpha value is -2.41. The summed E-state index contributed by atoms with van der Waals surface area (Å²) in [5.74, 6) is 1.53. The van der Waals surface area contributed by atoms with Gasteiger partial charge in [0.15, 0.2) is 5.65 Å². The molecule has 0 N–H and O–H groups in total. The van der Waals surface area contributed by atoms with Gasteiger partial charge in [-0.25, -0.2) is 0 Å². The van der Waals surface area contributed by atoms with Crippen molar-refractivity contribution in [3.63, 3.8) is 0 Å². The number of hydrogen-bond donors (Lipinski definition) is 0. The Bertz CT molecular complexity index is 1020. The first-order chi connectivity index (χ1) is 14.5. The molecule has 1 aliphatic carbocycles. The fraction of sp³-hybridized carbons (Fsp3) is 0.478. The first kappa shape index (κ1) is 19.5. The fourth-order valence-corrected chi connectivity index (χ4v) is 4.64. The molecule has 5 rings (SSSR count). The summed E-state index contributed by atoms with van der Waals surface area (Å²) in [6.07, 6.45) is 2.25. The highest BCUT2D eigenvalue weighted by atomic mass is 19.4. The lowest BCUT2D eigenvalue weighted by Gasteiger charge is -2.33. The highest BCUT2D eigenvalue weighted by molar-refractivity contribution is 5.53. The molecule has 2 aliphatic rings. The van der Waals surface area contributed by atoms with Crippen molar-refractivity contribution in [2.45, 2.75) is 50.7 Å². The van der Waals surface area contributed by atoms with Crippen molar-refractivity contribution in [3.8, 4) is 0 Å². The summed E-state index contributed by atoms with van der Waals surface area (Å²) >= 11 is 0. The van der Waals surface area contributed by atoms with Crippen LogP contribution in [0.25, 0.3) is 5.65 Å². The van der Waals surface area contributed by atoms with E-state index in [1.807, 2.05) is 18.2 Å². The number of pyridine rings is 1. The molecule has 0 radical (unpaired) electrons. The van der Waals surface area contributed by atoms with E-state index >= 15 is 0 Å². The molecule has 1 aromatic carbocycles. The highest BCUT2D eigenvalue weighted by Crippen LogP contribution is 2.37. The highest BCUT2D eigenvalue weighted by Gasteiger charge is 2.38. The zero-order chi connectivity index (χ0) is 20.7. The van der Waals surface area contributed by atoms with Gasteiger partial charge in [-0.2, -0.15) is 13.2 Å². The van der Waals surface area contributed by atoms with E-state index in [1.54, 1.807) is 12.3 Å². The molecule has 4 nitrogen and oxygen atoms in total. The third-order valence-electron chi connectivity index (χ3n) is 6.36. The molecule has 158 valence electrons. The molecule has 0 bridgehead atoms. The minimum atomic E-state index is -4.46. The van der Waals surface area contributed by atoms with Crippen LogP contribution < -0.4 is 0 Å². The first-order valence-corrected chi connectivity index (χ1v) is 10.7. The summed E-state index contributed by atoms with van der Waals surface area (Å²) in [5, 5.41) is 8.05. The second-order valence-corrected chi connectivity index (χ2v) is 8.66. The lowest BCUT2D eigenvalue weighted by atomic mass is 9.90. The van der Waals surface area contributed by atoms with Gasteiger partial charge in [0.05, 0.1) is 0 Å². The molecule has 1 saturated carbocycles. The Labute approximate surface area is 173 Å². The number of nitrogens with zero attached hydrogens (tertiary/aromatic N) is 4. The number of aromatic nitrogens is 3. The molecule has 1 unspecified atom stereocenters. The van der Waals surface area contributed by atoms with Gasteiger partial charge in [0.1, 0.15) is 11.4 Å². The summed E-state index contributed by atoms with van der Waals surface area (Å²) in [4.78, 5) is 2.14. The van der Waals surface area contributed by atoms with E-state index in [-0.39, 0.29) is 17.8 Å². The smallest absolute Gasteiger partial charge is 0.298 e. The predicted molar refractivity (Wildman–Crippen MR) is 108 cm³/mol. The minimum Gasteiger partial charge on any atom is -0.298 e. The molecule has 3 aromatic rings. The Morgan fingerprint density at radius 3 is 2.53 bits per heavy atom. The van der Waals surface area contributed by atoms with E-state index in [2.05, 4.69) is 27.2 Å². The van der Waals surface area contributed by atoms with Gasteiger partial charge in [-0.3, -0.25) is 9.30 Å². The Morgan fingerprint density at radius 2 is 1.80 bits per heavy atom. The van der Waals surface area contributed by atoms with E-state index < -0.39 is 11.7 Å². The number of benzene rings is 1. The van der Waals surface area contributed by atoms with Crippen molar-refractivity contribution in [1.82, 2.24) is 19.5 Å². The van der Waals surface area contributed by atoms with Crippen LogP contribution in [0.5, 0.6) is 0 Å². The van der Waals surface area contributed by atoms with Crippen molar-refractivity contribution < 1.29 is 13.2 Å². The molecule has 0 amide bonds. The number of alkyl halides is 3. The quantitative estimate of drug-likeness (QED) is 0.584. The van der Waals surface area contributed by atoms with Crippen LogP contribution in [0.4, 0.5) is 13.2 Å². The fourth-order valence-electron chi connectivity index (χ4n) is 4.64. The van der Waals surface area contributed by atoms with Crippen LogP contribution in [0, 0.1) is 5.92 Å². The molecule has 2 fully saturated rings. The van der Waals surface area contributed by atoms with Crippen LogP contribution in [0.1, 0.15) is 54.1 Å². The average molecular weight is 414 g/mol. The SMILES string of the molecule is FC(F)(F)c1c(CN2CCCC(c3ccccc3)C2)ccn2c(CC3CC3)nnc12. The third-order valence-corrected chi connectivity index (χ3v) is 6.36. The minimum absolute atomic E-state index is 0.0627. The standard InChI is InChI=1S/C23H25F3N4/c24-23(25,26)21-19(10-12-30-20(13-16-8-9-16)27-28-22(21)30)15-29-11-4-7-18(14-29)17-5-2-1-3-6-17/h1-3,5-6,10,12,16,18H,4,7-9,11,13-15H2. The van der Waals surface area contributed by atoms with Gasteiger partial charge in [0.2, 0.25) is 0 Å². The van der Waals surface area contributed by atoms with E-state index in [1.165, 1.54) is 9.96 Å². The zero-order valence-electron chi connectivity index (χ0n) is 16.8. The van der Waals surface area contributed by atoms with Crippen molar-refractivity contribution >= 4 is 5.65 Å². The van der Waals surface area contributed by atoms with Crippen LogP contribution in [-0.2, 0) is 19.1 Å². The number of fused-ring (bicyclic) bond motifs is 1. The van der Waals surface area contributed by atoms with Crippen LogP contribution in [0.15, 0.2) is 42.6 Å². The second-order valence-electron chi connectivity index (χ2n) is 8.66. The van der Waals surface area contributed by atoms with Gasteiger partial charge in [0.25, 0.3) is 0 Å². The molecule has 30 heavy (non-hydrogen) atoms. The van der Waals surface area contributed by atoms with Crippen LogP contribution >= 0.6 is 0 Å². The second kappa shape index (κ2) is 7.69. The molecule has 2 aromatic heterocycles. The molecule has 1 saturated heterocycles. The molecule has 0 spiro atoms. The van der Waals surface area contributed by atoms with Gasteiger partial charge < -0.3 is 0 Å². The van der Waals surface area contributed by atoms with E-state index in [4.69, 9.17) is 0 Å². The zero-order valence-corrected chi connectivity index (χ0v) is 16.8.